The molecule has 2 heterocycles. The van der Waals surface area contributed by atoms with Crippen LogP contribution in [0.15, 0.2) is 29.3 Å². The maximum Gasteiger partial charge on any atom is 0.194 e. The molecule has 2 aliphatic rings. The zero-order valence-corrected chi connectivity index (χ0v) is 18.3. The molecule has 2 fully saturated rings. The Balaban J connectivity index is 0.00000243. The molecule has 2 aliphatic heterocycles. The quantitative estimate of drug-likeness (QED) is 0.389. The molecule has 0 amide bonds. The van der Waals surface area contributed by atoms with Crippen LogP contribution < -0.4 is 10.1 Å². The fourth-order valence-electron chi connectivity index (χ4n) is 3.63. The van der Waals surface area contributed by atoms with Gasteiger partial charge in [-0.3, -0.25) is 0 Å². The van der Waals surface area contributed by atoms with Gasteiger partial charge in [0.15, 0.2) is 5.96 Å². The maximum atomic E-state index is 5.72. The Morgan fingerprint density at radius 3 is 2.96 bits per heavy atom. The predicted octanol–water partition coefficient (Wildman–Crippen LogP) is 3.67. The van der Waals surface area contributed by atoms with E-state index in [0.29, 0.717) is 12.0 Å². The minimum atomic E-state index is 0. The van der Waals surface area contributed by atoms with E-state index in [2.05, 4.69) is 36.2 Å². The number of nitrogens with one attached hydrogen (secondary N) is 1. The molecule has 2 saturated heterocycles. The lowest BCUT2D eigenvalue weighted by Crippen LogP contribution is -2.41. The SMILES string of the molecule is CCCOc1cccc(CN=C(NCC)N2CCC3(CCOC3)C2)c1.I. The number of hydrogen-bond acceptors (Lipinski definition) is 3. The monoisotopic (exact) mass is 473 g/mol. The highest BCUT2D eigenvalue weighted by atomic mass is 127. The summed E-state index contributed by atoms with van der Waals surface area (Å²) in [5.74, 6) is 1.95. The number of nitrogens with zero attached hydrogens (tertiary/aromatic N) is 2. The Bertz CT molecular complexity index is 588. The van der Waals surface area contributed by atoms with Crippen LogP contribution in [0.2, 0.25) is 0 Å². The fourth-order valence-corrected chi connectivity index (χ4v) is 3.63. The van der Waals surface area contributed by atoms with E-state index in [1.165, 1.54) is 18.4 Å². The van der Waals surface area contributed by atoms with Crippen LogP contribution in [0.5, 0.6) is 5.75 Å². The summed E-state index contributed by atoms with van der Waals surface area (Å²) in [7, 11) is 0. The largest absolute Gasteiger partial charge is 0.494 e. The molecule has 0 aliphatic carbocycles. The second-order valence-corrected chi connectivity index (χ2v) is 7.14. The third-order valence-corrected chi connectivity index (χ3v) is 5.04. The van der Waals surface area contributed by atoms with E-state index < -0.39 is 0 Å². The zero-order valence-electron chi connectivity index (χ0n) is 16.0. The van der Waals surface area contributed by atoms with Crippen molar-refractivity contribution < 1.29 is 9.47 Å². The van der Waals surface area contributed by atoms with Crippen LogP contribution >= 0.6 is 24.0 Å². The van der Waals surface area contributed by atoms with Crippen LogP contribution in [0.3, 0.4) is 0 Å². The van der Waals surface area contributed by atoms with E-state index in [9.17, 15) is 0 Å². The fraction of sp³-hybridized carbons (Fsp3) is 0.650. The number of hydrogen-bond donors (Lipinski definition) is 1. The standard InChI is InChI=1S/C20H31N3O2.HI/c1-3-11-25-18-7-5-6-17(13-18)14-22-19(21-4-2)23-10-8-20(15-23)9-12-24-16-20;/h5-7,13H,3-4,8-12,14-16H2,1-2H3,(H,21,22);1H. The van der Waals surface area contributed by atoms with Crippen LogP contribution in [0.25, 0.3) is 0 Å². The summed E-state index contributed by atoms with van der Waals surface area (Å²) in [6.07, 6.45) is 3.41. The van der Waals surface area contributed by atoms with Gasteiger partial charge < -0.3 is 19.7 Å². The van der Waals surface area contributed by atoms with E-state index >= 15 is 0 Å². The molecule has 0 bridgehead atoms. The van der Waals surface area contributed by atoms with E-state index in [0.717, 1.165) is 57.6 Å². The molecule has 3 rings (SSSR count). The number of halogens is 1. The lowest BCUT2D eigenvalue weighted by Gasteiger charge is -2.25. The van der Waals surface area contributed by atoms with Crippen molar-refractivity contribution in [3.05, 3.63) is 29.8 Å². The van der Waals surface area contributed by atoms with Gasteiger partial charge in [0.2, 0.25) is 0 Å². The minimum Gasteiger partial charge on any atom is -0.494 e. The molecular weight excluding hydrogens is 441 g/mol. The van der Waals surface area contributed by atoms with Crippen molar-refractivity contribution in [3.8, 4) is 5.75 Å². The van der Waals surface area contributed by atoms with Crippen molar-refractivity contribution >= 4 is 29.9 Å². The van der Waals surface area contributed by atoms with E-state index in [-0.39, 0.29) is 24.0 Å². The summed E-state index contributed by atoms with van der Waals surface area (Å²) in [5.41, 5.74) is 1.53. The number of benzene rings is 1. The van der Waals surface area contributed by atoms with Gasteiger partial charge in [0.25, 0.3) is 0 Å². The van der Waals surface area contributed by atoms with E-state index in [1.807, 2.05) is 12.1 Å². The van der Waals surface area contributed by atoms with Gasteiger partial charge in [0.1, 0.15) is 5.75 Å². The van der Waals surface area contributed by atoms with E-state index in [4.69, 9.17) is 14.5 Å². The number of rotatable bonds is 6. The third kappa shape index (κ3) is 5.49. The smallest absolute Gasteiger partial charge is 0.194 e. The second-order valence-electron chi connectivity index (χ2n) is 7.14. The Hall–Kier alpha value is -1.02. The van der Waals surface area contributed by atoms with Crippen molar-refractivity contribution in [2.45, 2.75) is 39.7 Å². The minimum absolute atomic E-state index is 0. The highest BCUT2D eigenvalue weighted by molar-refractivity contribution is 14.0. The first-order chi connectivity index (χ1) is 12.2. The second kappa shape index (κ2) is 10.3. The number of likely N-dealkylation sites (tertiary alicyclic amines) is 1. The molecule has 0 aromatic heterocycles. The molecule has 1 spiro atoms. The van der Waals surface area contributed by atoms with Crippen molar-refractivity contribution in [1.29, 1.82) is 0 Å². The molecular formula is C20H32IN3O2. The highest BCUT2D eigenvalue weighted by Gasteiger charge is 2.42. The summed E-state index contributed by atoms with van der Waals surface area (Å²) in [6.45, 7) is 10.5. The summed E-state index contributed by atoms with van der Waals surface area (Å²) < 4.78 is 11.4. The molecule has 1 atom stereocenters. The van der Waals surface area contributed by atoms with Gasteiger partial charge in [-0.15, -0.1) is 24.0 Å². The molecule has 0 saturated carbocycles. The average molecular weight is 473 g/mol. The number of aliphatic imine (C=N–C) groups is 1. The molecule has 6 heteroatoms. The Labute approximate surface area is 174 Å². The molecule has 1 unspecified atom stereocenters. The van der Waals surface area contributed by atoms with Crippen molar-refractivity contribution in [2.75, 3.05) is 39.5 Å². The van der Waals surface area contributed by atoms with Gasteiger partial charge in [0, 0.05) is 31.7 Å². The van der Waals surface area contributed by atoms with Crippen LogP contribution in [-0.4, -0.2) is 50.3 Å². The van der Waals surface area contributed by atoms with E-state index in [1.54, 1.807) is 0 Å². The third-order valence-electron chi connectivity index (χ3n) is 5.04. The van der Waals surface area contributed by atoms with Crippen LogP contribution in [0.1, 0.15) is 38.7 Å². The topological polar surface area (TPSA) is 46.1 Å². The van der Waals surface area contributed by atoms with Gasteiger partial charge in [-0.25, -0.2) is 4.99 Å². The zero-order chi connectivity index (χ0) is 17.5. The van der Waals surface area contributed by atoms with Gasteiger partial charge >= 0.3 is 0 Å². The summed E-state index contributed by atoms with van der Waals surface area (Å²) >= 11 is 0. The Kier molecular flexibility index (Phi) is 8.47. The van der Waals surface area contributed by atoms with Gasteiger partial charge in [0.05, 0.1) is 19.8 Å². The molecule has 26 heavy (non-hydrogen) atoms. The highest BCUT2D eigenvalue weighted by Crippen LogP contribution is 2.38. The summed E-state index contributed by atoms with van der Waals surface area (Å²) in [6, 6.07) is 8.27. The van der Waals surface area contributed by atoms with Crippen LogP contribution in [0, 0.1) is 5.41 Å². The van der Waals surface area contributed by atoms with Gasteiger partial charge in [-0.05, 0) is 43.9 Å². The Morgan fingerprint density at radius 2 is 2.23 bits per heavy atom. The van der Waals surface area contributed by atoms with Crippen LogP contribution in [-0.2, 0) is 11.3 Å². The molecule has 1 aromatic rings. The molecule has 1 aromatic carbocycles. The first-order valence-corrected chi connectivity index (χ1v) is 9.57. The average Bonchev–Trinajstić information content (AvgIpc) is 3.27. The van der Waals surface area contributed by atoms with Gasteiger partial charge in [-0.1, -0.05) is 19.1 Å². The van der Waals surface area contributed by atoms with Crippen molar-refractivity contribution in [1.82, 2.24) is 10.2 Å². The van der Waals surface area contributed by atoms with Crippen molar-refractivity contribution in [2.24, 2.45) is 10.4 Å². The van der Waals surface area contributed by atoms with Gasteiger partial charge in [-0.2, -0.15) is 0 Å². The maximum absolute atomic E-state index is 5.72. The number of guanidine groups is 1. The summed E-state index contributed by atoms with van der Waals surface area (Å²) in [4.78, 5) is 7.28. The molecule has 0 radical (unpaired) electrons. The molecule has 146 valence electrons. The molecule has 1 N–H and O–H groups in total. The number of ether oxygens (including phenoxy) is 2. The molecule has 5 nitrogen and oxygen atoms in total. The first kappa shape index (κ1) is 21.3. The summed E-state index contributed by atoms with van der Waals surface area (Å²) in [5, 5.41) is 3.45. The van der Waals surface area contributed by atoms with Crippen molar-refractivity contribution in [3.63, 3.8) is 0 Å². The normalized spacial score (nSPS) is 22.5. The lowest BCUT2D eigenvalue weighted by molar-refractivity contribution is 0.156. The first-order valence-electron chi connectivity index (χ1n) is 9.57. The van der Waals surface area contributed by atoms with Crippen LogP contribution in [0.4, 0.5) is 0 Å². The predicted molar refractivity (Wildman–Crippen MR) is 117 cm³/mol. The lowest BCUT2D eigenvalue weighted by atomic mass is 9.87. The Morgan fingerprint density at radius 1 is 1.35 bits per heavy atom.